The molecule has 1 aliphatic heterocycles. The van der Waals surface area contributed by atoms with Crippen molar-refractivity contribution in [2.45, 2.75) is 37.8 Å². The third-order valence-corrected chi connectivity index (χ3v) is 7.16. The molecule has 0 spiro atoms. The summed E-state index contributed by atoms with van der Waals surface area (Å²) in [6.45, 7) is 6.98. The summed E-state index contributed by atoms with van der Waals surface area (Å²) >= 11 is 6.49. The van der Waals surface area contributed by atoms with Crippen LogP contribution in [0.3, 0.4) is 0 Å². The molecule has 1 saturated carbocycles. The number of fused-ring (bicyclic) bond motifs is 1. The Balaban J connectivity index is 1.27. The zero-order valence-corrected chi connectivity index (χ0v) is 19.4. The highest BCUT2D eigenvalue weighted by Crippen LogP contribution is 2.33. The van der Waals surface area contributed by atoms with E-state index in [0.29, 0.717) is 23.1 Å². The maximum absolute atomic E-state index is 11.9. The smallest absolute Gasteiger partial charge is 0.246 e. The number of H-pyrrole nitrogens is 1. The Kier molecular flexibility index (Phi) is 6.33. The van der Waals surface area contributed by atoms with Crippen LogP contribution in [0.5, 0.6) is 0 Å². The molecular weight excluding hydrogens is 436 g/mol. The fraction of sp³-hybridized carbons (Fsp3) is 0.400. The number of carbonyl (C=O) groups excluding carboxylic acids is 1. The maximum Gasteiger partial charge on any atom is 0.246 e. The van der Waals surface area contributed by atoms with Crippen molar-refractivity contribution in [2.75, 3.05) is 31.5 Å². The highest BCUT2D eigenvalue weighted by atomic mass is 35.5. The molecule has 2 unspecified atom stereocenters. The molecule has 2 fully saturated rings. The van der Waals surface area contributed by atoms with Gasteiger partial charge in [0.25, 0.3) is 0 Å². The largest absolute Gasteiger partial charge is 0.360 e. The summed E-state index contributed by atoms with van der Waals surface area (Å²) in [6.07, 6.45) is 9.55. The van der Waals surface area contributed by atoms with Gasteiger partial charge in [-0.15, -0.1) is 0 Å². The van der Waals surface area contributed by atoms with Crippen molar-refractivity contribution in [1.82, 2.24) is 24.8 Å². The highest BCUT2D eigenvalue weighted by Gasteiger charge is 2.30. The van der Waals surface area contributed by atoms with Gasteiger partial charge in [-0.2, -0.15) is 0 Å². The van der Waals surface area contributed by atoms with Crippen molar-refractivity contribution in [3.8, 4) is 11.3 Å². The lowest BCUT2D eigenvalue weighted by atomic mass is 9.89. The van der Waals surface area contributed by atoms with Gasteiger partial charge in [0, 0.05) is 60.9 Å². The molecule has 2 aliphatic rings. The van der Waals surface area contributed by atoms with Crippen LogP contribution in [0.1, 0.15) is 25.7 Å². The SMILES string of the molecule is C=CC(=O)N1CCN(C2CCCC(Nc3ncc(Cl)c(-c4c[nH]c5ccccc45)n3)C2)CC1. The number of aromatic nitrogens is 3. The van der Waals surface area contributed by atoms with Gasteiger partial charge in [-0.1, -0.05) is 36.4 Å². The fourth-order valence-corrected chi connectivity index (χ4v) is 5.33. The van der Waals surface area contributed by atoms with Gasteiger partial charge >= 0.3 is 0 Å². The van der Waals surface area contributed by atoms with Gasteiger partial charge in [0.1, 0.15) is 0 Å². The van der Waals surface area contributed by atoms with E-state index in [0.717, 1.165) is 67.6 Å². The number of aromatic amines is 1. The molecule has 1 aromatic carbocycles. The zero-order valence-electron chi connectivity index (χ0n) is 18.6. The molecule has 172 valence electrons. The normalized spacial score (nSPS) is 21.8. The first-order valence-electron chi connectivity index (χ1n) is 11.6. The first-order valence-corrected chi connectivity index (χ1v) is 12.0. The Hall–Kier alpha value is -2.90. The molecule has 1 saturated heterocycles. The summed E-state index contributed by atoms with van der Waals surface area (Å²) in [4.78, 5) is 28.8. The van der Waals surface area contributed by atoms with Gasteiger partial charge in [0.15, 0.2) is 0 Å². The summed E-state index contributed by atoms with van der Waals surface area (Å²) < 4.78 is 0. The third kappa shape index (κ3) is 4.61. The Morgan fingerprint density at radius 1 is 1.21 bits per heavy atom. The van der Waals surface area contributed by atoms with Crippen molar-refractivity contribution in [3.05, 3.63) is 54.3 Å². The first-order chi connectivity index (χ1) is 16.1. The summed E-state index contributed by atoms with van der Waals surface area (Å²) in [5, 5.41) is 5.20. The second kappa shape index (κ2) is 9.53. The molecule has 8 heteroatoms. The van der Waals surface area contributed by atoms with E-state index in [-0.39, 0.29) is 5.91 Å². The summed E-state index contributed by atoms with van der Waals surface area (Å²) in [5.41, 5.74) is 2.78. The minimum Gasteiger partial charge on any atom is -0.360 e. The van der Waals surface area contributed by atoms with Gasteiger partial charge in [0.05, 0.1) is 16.9 Å². The van der Waals surface area contributed by atoms with Crippen molar-refractivity contribution in [1.29, 1.82) is 0 Å². The molecule has 0 radical (unpaired) electrons. The summed E-state index contributed by atoms with van der Waals surface area (Å²) in [5.74, 6) is 0.649. The number of benzene rings is 1. The highest BCUT2D eigenvalue weighted by molar-refractivity contribution is 6.33. The summed E-state index contributed by atoms with van der Waals surface area (Å²) in [7, 11) is 0. The summed E-state index contributed by atoms with van der Waals surface area (Å²) in [6, 6.07) is 8.96. The number of nitrogens with one attached hydrogen (secondary N) is 2. The molecule has 1 aliphatic carbocycles. The molecule has 7 nitrogen and oxygen atoms in total. The Morgan fingerprint density at radius 3 is 2.85 bits per heavy atom. The molecule has 3 aromatic rings. The number of carbonyl (C=O) groups is 1. The van der Waals surface area contributed by atoms with Crippen LogP contribution < -0.4 is 5.32 Å². The minimum absolute atomic E-state index is 0.0312. The number of hydrogen-bond donors (Lipinski definition) is 2. The number of piperazine rings is 1. The Labute approximate surface area is 198 Å². The predicted octanol–water partition coefficient (Wildman–Crippen LogP) is 4.33. The van der Waals surface area contributed by atoms with Gasteiger partial charge in [-0.3, -0.25) is 9.69 Å². The minimum atomic E-state index is 0.0312. The lowest BCUT2D eigenvalue weighted by Crippen LogP contribution is -2.53. The fourth-order valence-electron chi connectivity index (χ4n) is 5.14. The molecule has 2 atom stereocenters. The van der Waals surface area contributed by atoms with Crippen LogP contribution in [0, 0.1) is 0 Å². The number of amides is 1. The van der Waals surface area contributed by atoms with Crippen LogP contribution in [-0.2, 0) is 4.79 Å². The van der Waals surface area contributed by atoms with Crippen LogP contribution >= 0.6 is 11.6 Å². The molecule has 2 N–H and O–H groups in total. The maximum atomic E-state index is 11.9. The van der Waals surface area contributed by atoms with E-state index in [1.165, 1.54) is 12.5 Å². The van der Waals surface area contributed by atoms with Crippen molar-refractivity contribution >= 4 is 34.4 Å². The molecular formula is C25H29ClN6O. The zero-order chi connectivity index (χ0) is 22.8. The molecule has 33 heavy (non-hydrogen) atoms. The van der Waals surface area contributed by atoms with E-state index in [9.17, 15) is 4.79 Å². The van der Waals surface area contributed by atoms with Crippen molar-refractivity contribution in [2.24, 2.45) is 0 Å². The van der Waals surface area contributed by atoms with Crippen molar-refractivity contribution in [3.63, 3.8) is 0 Å². The Morgan fingerprint density at radius 2 is 2.03 bits per heavy atom. The van der Waals surface area contributed by atoms with E-state index in [1.807, 2.05) is 29.3 Å². The number of rotatable bonds is 5. The van der Waals surface area contributed by atoms with Gasteiger partial charge in [0.2, 0.25) is 11.9 Å². The number of hydrogen-bond acceptors (Lipinski definition) is 5. The molecule has 1 amide bonds. The average Bonchev–Trinajstić information content (AvgIpc) is 3.29. The monoisotopic (exact) mass is 464 g/mol. The van der Waals surface area contributed by atoms with Crippen LogP contribution in [0.25, 0.3) is 22.2 Å². The molecule has 2 aromatic heterocycles. The van der Waals surface area contributed by atoms with Gasteiger partial charge in [-0.25, -0.2) is 9.97 Å². The van der Waals surface area contributed by atoms with E-state index < -0.39 is 0 Å². The topological polar surface area (TPSA) is 77.2 Å². The molecule has 0 bridgehead atoms. The lowest BCUT2D eigenvalue weighted by molar-refractivity contribution is -0.128. The second-order valence-electron chi connectivity index (χ2n) is 8.87. The number of para-hydroxylation sites is 1. The molecule has 5 rings (SSSR count). The second-order valence-corrected chi connectivity index (χ2v) is 9.27. The first kappa shape index (κ1) is 21.9. The van der Waals surface area contributed by atoms with Crippen molar-refractivity contribution < 1.29 is 4.79 Å². The van der Waals surface area contributed by atoms with Crippen LogP contribution in [0.4, 0.5) is 5.95 Å². The third-order valence-electron chi connectivity index (χ3n) is 6.89. The van der Waals surface area contributed by atoms with Crippen LogP contribution in [0.15, 0.2) is 49.3 Å². The van der Waals surface area contributed by atoms with Crippen LogP contribution in [-0.4, -0.2) is 68.9 Å². The predicted molar refractivity (Wildman–Crippen MR) is 132 cm³/mol. The standard InChI is InChI=1S/C25H29ClN6O/c1-2-23(33)32-12-10-31(11-13-32)18-7-5-6-17(14-18)29-25-28-16-21(26)24(30-25)20-15-27-22-9-4-3-8-19(20)22/h2-4,8-9,15-18,27H,1,5-7,10-14H2,(H,28,29,30). The van der Waals surface area contributed by atoms with Gasteiger partial charge < -0.3 is 15.2 Å². The number of anilines is 1. The Bertz CT molecular complexity index is 1150. The quantitative estimate of drug-likeness (QED) is 0.549. The van der Waals surface area contributed by atoms with E-state index in [2.05, 4.69) is 32.8 Å². The average molecular weight is 465 g/mol. The van der Waals surface area contributed by atoms with Crippen LogP contribution in [0.2, 0.25) is 5.02 Å². The van der Waals surface area contributed by atoms with E-state index in [1.54, 1.807) is 6.20 Å². The number of halogens is 1. The van der Waals surface area contributed by atoms with E-state index >= 15 is 0 Å². The van der Waals surface area contributed by atoms with E-state index in [4.69, 9.17) is 16.6 Å². The molecule has 3 heterocycles. The lowest BCUT2D eigenvalue weighted by Gasteiger charge is -2.42. The number of nitrogens with zero attached hydrogens (tertiary/aromatic N) is 4. The van der Waals surface area contributed by atoms with Gasteiger partial charge in [-0.05, 0) is 37.8 Å².